The lowest BCUT2D eigenvalue weighted by Crippen LogP contribution is -2.42. The van der Waals surface area contributed by atoms with Crippen molar-refractivity contribution in [2.75, 3.05) is 13.2 Å². The van der Waals surface area contributed by atoms with Crippen molar-refractivity contribution in [2.45, 2.75) is 32.2 Å². The van der Waals surface area contributed by atoms with E-state index in [4.69, 9.17) is 4.74 Å². The summed E-state index contributed by atoms with van der Waals surface area (Å²) in [5.41, 5.74) is 0. The van der Waals surface area contributed by atoms with E-state index in [1.807, 2.05) is 5.38 Å². The molecule has 0 bridgehead atoms. The number of nitrogens with zero attached hydrogens (tertiary/aromatic N) is 2. The van der Waals surface area contributed by atoms with Crippen LogP contribution in [-0.2, 0) is 14.3 Å². The predicted octanol–water partition coefficient (Wildman–Crippen LogP) is 1.76. The Kier molecular flexibility index (Phi) is 4.30. The van der Waals surface area contributed by atoms with E-state index in [9.17, 15) is 9.59 Å². The number of carbonyl (C=O) groups is 2. The van der Waals surface area contributed by atoms with E-state index in [2.05, 4.69) is 4.98 Å². The third kappa shape index (κ3) is 2.69. The van der Waals surface area contributed by atoms with Crippen LogP contribution in [0, 0.1) is 0 Å². The van der Waals surface area contributed by atoms with E-state index in [0.717, 1.165) is 24.3 Å². The molecule has 18 heavy (non-hydrogen) atoms. The van der Waals surface area contributed by atoms with Gasteiger partial charge in [-0.1, -0.05) is 0 Å². The van der Waals surface area contributed by atoms with Crippen LogP contribution in [0.3, 0.4) is 0 Å². The Morgan fingerprint density at radius 1 is 1.56 bits per heavy atom. The average molecular weight is 268 g/mol. The van der Waals surface area contributed by atoms with Gasteiger partial charge in [0.2, 0.25) is 0 Å². The van der Waals surface area contributed by atoms with E-state index in [1.54, 1.807) is 18.0 Å². The van der Waals surface area contributed by atoms with Crippen LogP contribution < -0.4 is 0 Å². The summed E-state index contributed by atoms with van der Waals surface area (Å²) in [5.74, 6) is -1.31. The van der Waals surface area contributed by atoms with Gasteiger partial charge in [-0.2, -0.15) is 0 Å². The van der Waals surface area contributed by atoms with Crippen LogP contribution in [0.15, 0.2) is 11.6 Å². The van der Waals surface area contributed by atoms with Gasteiger partial charge in [0.05, 0.1) is 12.6 Å². The van der Waals surface area contributed by atoms with Crippen molar-refractivity contribution in [1.82, 2.24) is 9.88 Å². The van der Waals surface area contributed by atoms with Crippen molar-refractivity contribution in [3.8, 4) is 0 Å². The number of aromatic nitrogens is 1. The zero-order valence-corrected chi connectivity index (χ0v) is 11.1. The second-order valence-corrected chi connectivity index (χ2v) is 5.03. The first-order valence-corrected chi connectivity index (χ1v) is 6.99. The number of hydrogen-bond acceptors (Lipinski definition) is 5. The van der Waals surface area contributed by atoms with Crippen LogP contribution in [0.1, 0.15) is 37.2 Å². The topological polar surface area (TPSA) is 59.5 Å². The number of carbonyl (C=O) groups excluding carboxylic acids is 2. The maximum atomic E-state index is 12.0. The molecule has 1 aliphatic heterocycles. The van der Waals surface area contributed by atoms with Crippen LogP contribution >= 0.6 is 11.3 Å². The van der Waals surface area contributed by atoms with E-state index < -0.39 is 11.9 Å². The summed E-state index contributed by atoms with van der Waals surface area (Å²) < 4.78 is 4.78. The van der Waals surface area contributed by atoms with Gasteiger partial charge in [0.25, 0.3) is 0 Å². The lowest BCUT2D eigenvalue weighted by molar-refractivity contribution is -0.161. The fraction of sp³-hybridized carbons (Fsp3) is 0.583. The molecule has 0 N–H and O–H groups in total. The SMILES string of the molecule is CCOC(=O)C(=O)N1CCCC[C@@H]1c1nccs1. The van der Waals surface area contributed by atoms with Crippen molar-refractivity contribution in [1.29, 1.82) is 0 Å². The zero-order valence-electron chi connectivity index (χ0n) is 10.3. The summed E-state index contributed by atoms with van der Waals surface area (Å²) in [6.07, 6.45) is 4.56. The number of amides is 1. The molecule has 98 valence electrons. The lowest BCUT2D eigenvalue weighted by Gasteiger charge is -2.33. The highest BCUT2D eigenvalue weighted by atomic mass is 32.1. The second kappa shape index (κ2) is 5.95. The van der Waals surface area contributed by atoms with E-state index in [-0.39, 0.29) is 12.6 Å². The Bertz CT molecular complexity index is 419. The number of ether oxygens (including phenoxy) is 1. The number of hydrogen-bond donors (Lipinski definition) is 0. The van der Waals surface area contributed by atoms with Crippen LogP contribution in [0.2, 0.25) is 0 Å². The van der Waals surface area contributed by atoms with Gasteiger partial charge in [-0.05, 0) is 26.2 Å². The Labute approximate surface area is 110 Å². The third-order valence-electron chi connectivity index (χ3n) is 2.95. The molecule has 0 aromatic carbocycles. The largest absolute Gasteiger partial charge is 0.459 e. The molecule has 2 heterocycles. The molecule has 0 spiro atoms. The number of esters is 1. The van der Waals surface area contributed by atoms with Crippen LogP contribution in [0.4, 0.5) is 0 Å². The van der Waals surface area contributed by atoms with Crippen molar-refractivity contribution in [3.63, 3.8) is 0 Å². The monoisotopic (exact) mass is 268 g/mol. The molecular weight excluding hydrogens is 252 g/mol. The summed E-state index contributed by atoms with van der Waals surface area (Å²) in [7, 11) is 0. The second-order valence-electron chi connectivity index (χ2n) is 4.10. The van der Waals surface area contributed by atoms with Gasteiger partial charge in [-0.15, -0.1) is 11.3 Å². The van der Waals surface area contributed by atoms with Gasteiger partial charge in [0.1, 0.15) is 5.01 Å². The third-order valence-corrected chi connectivity index (χ3v) is 3.83. The molecule has 1 amide bonds. The summed E-state index contributed by atoms with van der Waals surface area (Å²) >= 11 is 1.52. The quantitative estimate of drug-likeness (QED) is 0.606. The highest BCUT2D eigenvalue weighted by Crippen LogP contribution is 2.32. The summed E-state index contributed by atoms with van der Waals surface area (Å²) in [6, 6.07) is -0.0735. The molecule has 0 saturated carbocycles. The number of thiazole rings is 1. The number of piperidine rings is 1. The highest BCUT2D eigenvalue weighted by Gasteiger charge is 2.33. The molecule has 1 aliphatic rings. The van der Waals surface area contributed by atoms with E-state index in [0.29, 0.717) is 6.54 Å². The normalized spacial score (nSPS) is 19.6. The maximum Gasteiger partial charge on any atom is 0.397 e. The van der Waals surface area contributed by atoms with Crippen LogP contribution in [-0.4, -0.2) is 34.9 Å². The number of rotatable bonds is 2. The van der Waals surface area contributed by atoms with E-state index in [1.165, 1.54) is 11.3 Å². The maximum absolute atomic E-state index is 12.0. The van der Waals surface area contributed by atoms with Crippen molar-refractivity contribution >= 4 is 23.2 Å². The zero-order chi connectivity index (χ0) is 13.0. The first kappa shape index (κ1) is 13.0. The fourth-order valence-electron chi connectivity index (χ4n) is 2.14. The Hall–Kier alpha value is -1.43. The summed E-state index contributed by atoms with van der Waals surface area (Å²) in [4.78, 5) is 29.4. The predicted molar refractivity (Wildman–Crippen MR) is 67.1 cm³/mol. The smallest absolute Gasteiger partial charge is 0.397 e. The summed E-state index contributed by atoms with van der Waals surface area (Å²) in [5, 5.41) is 2.78. The number of likely N-dealkylation sites (tertiary alicyclic amines) is 1. The van der Waals surface area contributed by atoms with Crippen molar-refractivity contribution in [2.24, 2.45) is 0 Å². The minimum absolute atomic E-state index is 0.0735. The van der Waals surface area contributed by atoms with Crippen LogP contribution in [0.25, 0.3) is 0 Å². The Morgan fingerprint density at radius 2 is 2.39 bits per heavy atom. The molecule has 1 fully saturated rings. The molecule has 1 saturated heterocycles. The molecular formula is C12H16N2O3S. The first-order valence-electron chi connectivity index (χ1n) is 6.11. The van der Waals surface area contributed by atoms with Crippen molar-refractivity contribution < 1.29 is 14.3 Å². The minimum atomic E-state index is -0.763. The Balaban J connectivity index is 2.13. The minimum Gasteiger partial charge on any atom is -0.459 e. The summed E-state index contributed by atoms with van der Waals surface area (Å²) in [6.45, 7) is 2.52. The molecule has 1 atom stereocenters. The standard InChI is InChI=1S/C12H16N2O3S/c1-2-17-12(16)11(15)14-7-4-3-5-9(14)10-13-6-8-18-10/h6,8-9H,2-5,7H2,1H3/t9-/m1/s1. The first-order chi connectivity index (χ1) is 8.74. The molecule has 0 unspecified atom stereocenters. The molecule has 1 aromatic heterocycles. The van der Waals surface area contributed by atoms with Gasteiger partial charge in [0, 0.05) is 18.1 Å². The molecule has 0 aliphatic carbocycles. The molecule has 2 rings (SSSR count). The van der Waals surface area contributed by atoms with Gasteiger partial charge >= 0.3 is 11.9 Å². The van der Waals surface area contributed by atoms with E-state index >= 15 is 0 Å². The van der Waals surface area contributed by atoms with Gasteiger partial charge in [0.15, 0.2) is 0 Å². The van der Waals surface area contributed by atoms with Crippen molar-refractivity contribution in [3.05, 3.63) is 16.6 Å². The fourth-order valence-corrected chi connectivity index (χ4v) is 2.93. The Morgan fingerprint density at radius 3 is 3.06 bits per heavy atom. The highest BCUT2D eigenvalue weighted by molar-refractivity contribution is 7.09. The molecule has 0 radical (unpaired) electrons. The molecule has 6 heteroatoms. The van der Waals surface area contributed by atoms with Crippen LogP contribution in [0.5, 0.6) is 0 Å². The molecule has 5 nitrogen and oxygen atoms in total. The van der Waals surface area contributed by atoms with Gasteiger partial charge in [-0.25, -0.2) is 9.78 Å². The van der Waals surface area contributed by atoms with Gasteiger partial charge in [-0.3, -0.25) is 4.79 Å². The lowest BCUT2D eigenvalue weighted by atomic mass is 10.0. The average Bonchev–Trinajstić information content (AvgIpc) is 2.92. The molecule has 1 aromatic rings. The van der Waals surface area contributed by atoms with Gasteiger partial charge < -0.3 is 9.64 Å².